The molecule has 0 aliphatic rings. The number of aromatic nitrogens is 1. The van der Waals surface area contributed by atoms with Gasteiger partial charge in [-0.2, -0.15) is 0 Å². The zero-order valence-electron chi connectivity index (χ0n) is 11.4. The summed E-state index contributed by atoms with van der Waals surface area (Å²) in [6, 6.07) is 11.8. The molecular formula is C16H15ClN2O. The summed E-state index contributed by atoms with van der Waals surface area (Å²) < 4.78 is 5.95. The van der Waals surface area contributed by atoms with Gasteiger partial charge in [-0.1, -0.05) is 29.8 Å². The average molecular weight is 287 g/mol. The second-order valence-electron chi connectivity index (χ2n) is 4.82. The molecule has 0 saturated carbocycles. The van der Waals surface area contributed by atoms with Gasteiger partial charge in [0.2, 0.25) is 0 Å². The van der Waals surface area contributed by atoms with E-state index in [9.17, 15) is 0 Å². The van der Waals surface area contributed by atoms with Crippen molar-refractivity contribution in [1.29, 1.82) is 0 Å². The zero-order valence-corrected chi connectivity index (χ0v) is 12.1. The predicted octanol–water partition coefficient (Wildman–Crippen LogP) is 4.96. The van der Waals surface area contributed by atoms with Crippen molar-refractivity contribution in [2.45, 2.75) is 19.9 Å². The second-order valence-corrected chi connectivity index (χ2v) is 5.21. The van der Waals surface area contributed by atoms with E-state index in [4.69, 9.17) is 16.0 Å². The standard InChI is InChI=1S/C16H15ClN2O/c1-10-13-5-3-4-6-14(13)20-16(10)11(2)19-12-7-8-18-15(17)9-12/h3-9,11H,1-2H3,(H,18,19). The number of hydrogen-bond acceptors (Lipinski definition) is 3. The third-order valence-corrected chi connectivity index (χ3v) is 3.59. The Morgan fingerprint density at radius 2 is 2.05 bits per heavy atom. The van der Waals surface area contributed by atoms with Gasteiger partial charge >= 0.3 is 0 Å². The van der Waals surface area contributed by atoms with Crippen molar-refractivity contribution in [1.82, 2.24) is 4.98 Å². The van der Waals surface area contributed by atoms with Crippen molar-refractivity contribution in [2.24, 2.45) is 0 Å². The molecule has 4 heteroatoms. The Hall–Kier alpha value is -2.00. The fourth-order valence-corrected chi connectivity index (χ4v) is 2.59. The predicted molar refractivity (Wildman–Crippen MR) is 82.2 cm³/mol. The first-order valence-electron chi connectivity index (χ1n) is 6.51. The third-order valence-electron chi connectivity index (χ3n) is 3.38. The molecule has 2 heterocycles. The summed E-state index contributed by atoms with van der Waals surface area (Å²) in [7, 11) is 0. The molecule has 0 radical (unpaired) electrons. The molecule has 1 N–H and O–H groups in total. The van der Waals surface area contributed by atoms with Crippen LogP contribution in [0.15, 0.2) is 47.0 Å². The van der Waals surface area contributed by atoms with Crippen molar-refractivity contribution < 1.29 is 4.42 Å². The molecule has 0 bridgehead atoms. The van der Waals surface area contributed by atoms with E-state index < -0.39 is 0 Å². The third kappa shape index (κ3) is 2.37. The molecule has 20 heavy (non-hydrogen) atoms. The number of para-hydroxylation sites is 1. The van der Waals surface area contributed by atoms with E-state index in [0.29, 0.717) is 5.15 Å². The average Bonchev–Trinajstić information content (AvgIpc) is 2.77. The molecule has 3 nitrogen and oxygen atoms in total. The van der Waals surface area contributed by atoms with Crippen LogP contribution in [0.25, 0.3) is 11.0 Å². The molecule has 102 valence electrons. The molecule has 0 fully saturated rings. The number of pyridine rings is 1. The molecule has 2 aromatic heterocycles. The number of nitrogens with one attached hydrogen (secondary N) is 1. The zero-order chi connectivity index (χ0) is 14.1. The van der Waals surface area contributed by atoms with Crippen LogP contribution >= 0.6 is 11.6 Å². The number of hydrogen-bond donors (Lipinski definition) is 1. The first kappa shape index (κ1) is 13.0. The van der Waals surface area contributed by atoms with Gasteiger partial charge in [-0.25, -0.2) is 4.98 Å². The summed E-state index contributed by atoms with van der Waals surface area (Å²) in [5.74, 6) is 0.944. The maximum Gasteiger partial charge on any atom is 0.134 e. The van der Waals surface area contributed by atoms with E-state index in [1.807, 2.05) is 24.3 Å². The molecule has 0 amide bonds. The van der Waals surface area contributed by atoms with Gasteiger partial charge in [-0.3, -0.25) is 0 Å². The highest BCUT2D eigenvalue weighted by Crippen LogP contribution is 2.31. The lowest BCUT2D eigenvalue weighted by atomic mass is 10.1. The highest BCUT2D eigenvalue weighted by atomic mass is 35.5. The molecule has 0 aliphatic heterocycles. The Labute approximate surface area is 122 Å². The molecule has 1 aromatic carbocycles. The summed E-state index contributed by atoms with van der Waals surface area (Å²) in [6.45, 7) is 4.15. The van der Waals surface area contributed by atoms with E-state index in [0.717, 1.165) is 22.4 Å². The van der Waals surface area contributed by atoms with Crippen LogP contribution in [0, 0.1) is 6.92 Å². The first-order chi connectivity index (χ1) is 9.65. The minimum absolute atomic E-state index is 0.0564. The maximum absolute atomic E-state index is 5.95. The number of halogens is 1. The Morgan fingerprint density at radius 1 is 1.25 bits per heavy atom. The van der Waals surface area contributed by atoms with Gasteiger partial charge in [0.25, 0.3) is 0 Å². The lowest BCUT2D eigenvalue weighted by Crippen LogP contribution is -2.06. The Kier molecular flexibility index (Phi) is 3.36. The smallest absolute Gasteiger partial charge is 0.134 e. The van der Waals surface area contributed by atoms with E-state index in [2.05, 4.69) is 30.2 Å². The molecular weight excluding hydrogens is 272 g/mol. The fourth-order valence-electron chi connectivity index (χ4n) is 2.41. The summed E-state index contributed by atoms with van der Waals surface area (Å²) >= 11 is 5.90. The monoisotopic (exact) mass is 286 g/mol. The van der Waals surface area contributed by atoms with Gasteiger partial charge in [-0.05, 0) is 32.0 Å². The van der Waals surface area contributed by atoms with Gasteiger partial charge in [-0.15, -0.1) is 0 Å². The minimum atomic E-state index is 0.0564. The van der Waals surface area contributed by atoms with Crippen molar-refractivity contribution in [3.63, 3.8) is 0 Å². The van der Waals surface area contributed by atoms with Crippen molar-refractivity contribution in [3.8, 4) is 0 Å². The highest BCUT2D eigenvalue weighted by molar-refractivity contribution is 6.29. The van der Waals surface area contributed by atoms with Crippen molar-refractivity contribution in [2.75, 3.05) is 5.32 Å². The lowest BCUT2D eigenvalue weighted by Gasteiger charge is -2.13. The molecule has 1 atom stereocenters. The summed E-state index contributed by atoms with van der Waals surface area (Å²) in [4.78, 5) is 3.97. The minimum Gasteiger partial charge on any atom is -0.459 e. The number of anilines is 1. The summed E-state index contributed by atoms with van der Waals surface area (Å²) in [5.41, 5.74) is 3.01. The van der Waals surface area contributed by atoms with E-state index in [1.165, 1.54) is 5.56 Å². The number of benzene rings is 1. The van der Waals surface area contributed by atoms with Gasteiger partial charge in [0.1, 0.15) is 16.5 Å². The quantitative estimate of drug-likeness (QED) is 0.691. The molecule has 3 rings (SSSR count). The fraction of sp³-hybridized carbons (Fsp3) is 0.188. The SMILES string of the molecule is Cc1c(C(C)Nc2ccnc(Cl)c2)oc2ccccc12. The number of nitrogens with zero attached hydrogens (tertiary/aromatic N) is 1. The van der Waals surface area contributed by atoms with E-state index >= 15 is 0 Å². The Balaban J connectivity index is 1.92. The largest absolute Gasteiger partial charge is 0.459 e. The van der Waals surface area contributed by atoms with Crippen LogP contribution in [0.3, 0.4) is 0 Å². The van der Waals surface area contributed by atoms with E-state index in [1.54, 1.807) is 12.3 Å². The van der Waals surface area contributed by atoms with Crippen LogP contribution in [-0.4, -0.2) is 4.98 Å². The van der Waals surface area contributed by atoms with Crippen LogP contribution in [0.1, 0.15) is 24.3 Å². The van der Waals surface area contributed by atoms with Crippen LogP contribution in [-0.2, 0) is 0 Å². The number of aryl methyl sites for hydroxylation is 1. The lowest BCUT2D eigenvalue weighted by molar-refractivity contribution is 0.522. The van der Waals surface area contributed by atoms with Gasteiger partial charge < -0.3 is 9.73 Å². The molecule has 3 aromatic rings. The highest BCUT2D eigenvalue weighted by Gasteiger charge is 2.16. The van der Waals surface area contributed by atoms with Crippen LogP contribution < -0.4 is 5.32 Å². The summed E-state index contributed by atoms with van der Waals surface area (Å²) in [5, 5.41) is 5.01. The first-order valence-corrected chi connectivity index (χ1v) is 6.89. The molecule has 1 unspecified atom stereocenters. The van der Waals surface area contributed by atoms with Crippen LogP contribution in [0.4, 0.5) is 5.69 Å². The van der Waals surface area contributed by atoms with Gasteiger partial charge in [0.05, 0.1) is 6.04 Å². The number of fused-ring (bicyclic) bond motifs is 1. The van der Waals surface area contributed by atoms with Crippen molar-refractivity contribution in [3.05, 3.63) is 59.1 Å². The van der Waals surface area contributed by atoms with Crippen LogP contribution in [0.2, 0.25) is 5.15 Å². The normalized spacial score (nSPS) is 12.6. The summed E-state index contributed by atoms with van der Waals surface area (Å²) in [6.07, 6.45) is 1.68. The Bertz CT molecular complexity index is 751. The van der Waals surface area contributed by atoms with Crippen molar-refractivity contribution >= 4 is 28.3 Å². The topological polar surface area (TPSA) is 38.1 Å². The molecule has 0 aliphatic carbocycles. The van der Waals surface area contributed by atoms with Gasteiger partial charge in [0.15, 0.2) is 0 Å². The molecule has 0 spiro atoms. The number of rotatable bonds is 3. The van der Waals surface area contributed by atoms with E-state index in [-0.39, 0.29) is 6.04 Å². The second kappa shape index (κ2) is 5.17. The molecule has 0 saturated heterocycles. The number of furan rings is 1. The maximum atomic E-state index is 5.95. The van der Waals surface area contributed by atoms with Crippen LogP contribution in [0.5, 0.6) is 0 Å². The Morgan fingerprint density at radius 3 is 2.80 bits per heavy atom. The van der Waals surface area contributed by atoms with Gasteiger partial charge in [0, 0.05) is 22.8 Å².